The second-order valence-corrected chi connectivity index (χ2v) is 14.2. The van der Waals surface area contributed by atoms with E-state index in [1.54, 1.807) is 25.1 Å². The van der Waals surface area contributed by atoms with E-state index in [0.29, 0.717) is 56.6 Å². The summed E-state index contributed by atoms with van der Waals surface area (Å²) < 4.78 is 55.1. The number of aromatic nitrogens is 2. The number of methoxy groups -OCH3 is 1. The Morgan fingerprint density at radius 2 is 1.83 bits per heavy atom. The monoisotopic (exact) mass is 658 g/mol. The second kappa shape index (κ2) is 12.4. The number of carbonyl (C=O) groups excluding carboxylic acids is 3. The van der Waals surface area contributed by atoms with Crippen LogP contribution in [0.3, 0.4) is 0 Å². The number of alkyl halides is 2. The normalized spacial score (nSPS) is 32.5. The van der Waals surface area contributed by atoms with Crippen molar-refractivity contribution in [1.29, 1.82) is 0 Å². The standard InChI is InChI=1S/C34H44F2N4O7/c1-19-25-18-40(26(19)20(2)41)30(42)28(32(3)12-14-45-15-13-32)39-31(43)47-33(4)17-21(33)8-6-7-11-34(35,36)27-29(46-25)38-24-16-22(44-5)9-10-23(24)37-27/h9-10,16,19,21,25-26,28H,6-8,11-15,17-18H2,1-5H3,(H,39,43)/t19-,21-,25+,26+,28-,33-/m1/s1. The molecule has 2 saturated heterocycles. The molecule has 0 radical (unpaired) electrons. The van der Waals surface area contributed by atoms with Gasteiger partial charge in [-0.3, -0.25) is 9.59 Å². The van der Waals surface area contributed by atoms with Gasteiger partial charge < -0.3 is 29.2 Å². The molecular formula is C34H44F2N4O7. The fourth-order valence-electron chi connectivity index (χ4n) is 7.54. The topological polar surface area (TPSA) is 129 Å². The first-order valence-corrected chi connectivity index (χ1v) is 16.5. The van der Waals surface area contributed by atoms with E-state index in [-0.39, 0.29) is 36.1 Å². The first-order valence-electron chi connectivity index (χ1n) is 16.5. The van der Waals surface area contributed by atoms with E-state index in [1.807, 2.05) is 13.8 Å². The molecule has 11 nitrogen and oxygen atoms in total. The maximum atomic E-state index is 16.0. The van der Waals surface area contributed by atoms with Crippen molar-refractivity contribution in [1.82, 2.24) is 20.2 Å². The Hall–Kier alpha value is -3.61. The van der Waals surface area contributed by atoms with Crippen LogP contribution in [-0.4, -0.2) is 83.3 Å². The Morgan fingerprint density at radius 1 is 1.09 bits per heavy atom. The lowest BCUT2D eigenvalue weighted by Gasteiger charge is -2.42. The number of halogens is 2. The third-order valence-corrected chi connectivity index (χ3v) is 10.8. The molecule has 3 fully saturated rings. The van der Waals surface area contributed by atoms with Crippen LogP contribution in [0.15, 0.2) is 18.2 Å². The number of carbonyl (C=O) groups is 3. The molecule has 256 valence electrons. The third-order valence-electron chi connectivity index (χ3n) is 10.8. The highest BCUT2D eigenvalue weighted by atomic mass is 19.3. The largest absolute Gasteiger partial charge is 0.497 e. The van der Waals surface area contributed by atoms with Crippen LogP contribution in [0, 0.1) is 17.3 Å². The fraction of sp³-hybridized carbons (Fsp3) is 0.676. The van der Waals surface area contributed by atoms with Gasteiger partial charge in [-0.2, -0.15) is 8.78 Å². The lowest BCUT2D eigenvalue weighted by atomic mass is 9.75. The number of ketones is 1. The van der Waals surface area contributed by atoms with Crippen LogP contribution in [0.25, 0.3) is 11.0 Å². The Labute approximate surface area is 273 Å². The van der Waals surface area contributed by atoms with Crippen molar-refractivity contribution < 1.29 is 42.1 Å². The lowest BCUT2D eigenvalue weighted by Crippen LogP contribution is -2.59. The molecule has 1 saturated carbocycles. The van der Waals surface area contributed by atoms with Crippen LogP contribution in [-0.2, 0) is 25.0 Å². The average molecular weight is 659 g/mol. The predicted molar refractivity (Wildman–Crippen MR) is 166 cm³/mol. The van der Waals surface area contributed by atoms with E-state index in [9.17, 15) is 14.4 Å². The molecule has 13 heteroatoms. The third kappa shape index (κ3) is 6.47. The van der Waals surface area contributed by atoms with Crippen LogP contribution >= 0.6 is 0 Å². The van der Waals surface area contributed by atoms with Gasteiger partial charge in [-0.25, -0.2) is 14.8 Å². The molecule has 0 unspecified atom stereocenters. The summed E-state index contributed by atoms with van der Waals surface area (Å²) in [7, 11) is 1.49. The zero-order chi connectivity index (χ0) is 33.7. The summed E-state index contributed by atoms with van der Waals surface area (Å²) in [5.41, 5.74) is -1.43. The maximum absolute atomic E-state index is 16.0. The van der Waals surface area contributed by atoms with Gasteiger partial charge in [0, 0.05) is 43.0 Å². The van der Waals surface area contributed by atoms with Crippen LogP contribution in [0.1, 0.15) is 78.3 Å². The molecule has 1 aromatic carbocycles. The molecule has 3 aliphatic heterocycles. The molecule has 47 heavy (non-hydrogen) atoms. The molecule has 6 rings (SSSR count). The van der Waals surface area contributed by atoms with Gasteiger partial charge in [0.25, 0.3) is 5.92 Å². The summed E-state index contributed by atoms with van der Waals surface area (Å²) in [6, 6.07) is 2.87. The van der Waals surface area contributed by atoms with E-state index < -0.39 is 65.2 Å². The number of rotatable bonds is 3. The molecule has 1 aromatic heterocycles. The van der Waals surface area contributed by atoms with Gasteiger partial charge in [0.05, 0.1) is 30.7 Å². The summed E-state index contributed by atoms with van der Waals surface area (Å²) in [5.74, 6) is -4.53. The molecule has 2 amide bonds. The Balaban J connectivity index is 1.42. The van der Waals surface area contributed by atoms with Crippen LogP contribution in [0.5, 0.6) is 11.6 Å². The fourth-order valence-corrected chi connectivity index (χ4v) is 7.54. The number of nitrogens with zero attached hydrogens (tertiary/aromatic N) is 3. The number of amides is 2. The Kier molecular flexibility index (Phi) is 8.82. The van der Waals surface area contributed by atoms with Crippen molar-refractivity contribution in [2.45, 2.75) is 102 Å². The molecule has 1 N–H and O–H groups in total. The molecule has 1 aliphatic carbocycles. The first kappa shape index (κ1) is 33.3. The van der Waals surface area contributed by atoms with Crippen molar-refractivity contribution in [2.75, 3.05) is 26.9 Å². The van der Waals surface area contributed by atoms with Crippen LogP contribution in [0.2, 0.25) is 0 Å². The van der Waals surface area contributed by atoms with Crippen molar-refractivity contribution in [3.05, 3.63) is 23.9 Å². The van der Waals surface area contributed by atoms with Gasteiger partial charge in [-0.1, -0.05) is 20.3 Å². The summed E-state index contributed by atoms with van der Waals surface area (Å²) in [4.78, 5) is 51.3. The van der Waals surface area contributed by atoms with E-state index in [0.717, 1.165) is 0 Å². The quantitative estimate of drug-likeness (QED) is 0.475. The molecule has 0 spiro atoms. The highest BCUT2D eigenvalue weighted by molar-refractivity contribution is 5.92. The van der Waals surface area contributed by atoms with Gasteiger partial charge in [0.2, 0.25) is 11.8 Å². The molecule has 6 atom stereocenters. The minimum absolute atomic E-state index is 0.0187. The second-order valence-electron chi connectivity index (χ2n) is 14.2. The van der Waals surface area contributed by atoms with Gasteiger partial charge in [0.15, 0.2) is 11.5 Å². The molecular weight excluding hydrogens is 614 g/mol. The van der Waals surface area contributed by atoms with Crippen molar-refractivity contribution in [3.8, 4) is 11.6 Å². The summed E-state index contributed by atoms with van der Waals surface area (Å²) in [6.07, 6.45) is 0.897. The number of Topliss-reactive ketones (excluding diaryl/α,β-unsaturated/α-hetero) is 1. The number of hydrogen-bond acceptors (Lipinski definition) is 9. The molecule has 4 heterocycles. The number of alkyl carbamates (subject to hydrolysis) is 1. The zero-order valence-corrected chi connectivity index (χ0v) is 27.6. The van der Waals surface area contributed by atoms with Crippen LogP contribution in [0.4, 0.5) is 13.6 Å². The number of hydrogen-bond donors (Lipinski definition) is 1. The Bertz CT molecular complexity index is 1550. The smallest absolute Gasteiger partial charge is 0.408 e. The highest BCUT2D eigenvalue weighted by Gasteiger charge is 2.55. The minimum atomic E-state index is -3.37. The van der Waals surface area contributed by atoms with Gasteiger partial charge in [-0.15, -0.1) is 0 Å². The minimum Gasteiger partial charge on any atom is -0.497 e. The summed E-state index contributed by atoms with van der Waals surface area (Å²) in [6.45, 7) is 7.65. The predicted octanol–water partition coefficient (Wildman–Crippen LogP) is 5.18. The number of fused-ring (bicyclic) bond motifs is 5. The van der Waals surface area contributed by atoms with Crippen LogP contribution < -0.4 is 14.8 Å². The molecule has 4 aliphatic rings. The number of ether oxygens (including phenoxy) is 4. The highest BCUT2D eigenvalue weighted by Crippen LogP contribution is 2.50. The first-order chi connectivity index (χ1) is 22.2. The number of nitrogens with one attached hydrogen (secondary N) is 1. The SMILES string of the molecule is COc1ccc2nc3c(nc2c1)O[C@H]1CN(C(=O)[C@H](C2(C)CCOCC2)NC(=O)O[C@]2(C)C[C@H]2CCCCC3(F)F)[C@H](C(C)=O)[C@@H]1C. The maximum Gasteiger partial charge on any atom is 0.408 e. The lowest BCUT2D eigenvalue weighted by molar-refractivity contribution is -0.143. The van der Waals surface area contributed by atoms with Crippen molar-refractivity contribution in [2.24, 2.45) is 17.3 Å². The summed E-state index contributed by atoms with van der Waals surface area (Å²) in [5, 5.41) is 2.88. The van der Waals surface area contributed by atoms with Gasteiger partial charge in [0.1, 0.15) is 23.5 Å². The van der Waals surface area contributed by atoms with E-state index >= 15 is 8.78 Å². The van der Waals surface area contributed by atoms with E-state index in [4.69, 9.17) is 18.9 Å². The zero-order valence-electron chi connectivity index (χ0n) is 27.6. The summed E-state index contributed by atoms with van der Waals surface area (Å²) >= 11 is 0. The average Bonchev–Trinajstić information content (AvgIpc) is 3.54. The van der Waals surface area contributed by atoms with E-state index in [1.165, 1.54) is 18.9 Å². The van der Waals surface area contributed by atoms with Gasteiger partial charge >= 0.3 is 6.09 Å². The molecule has 2 bridgehead atoms. The van der Waals surface area contributed by atoms with Gasteiger partial charge in [-0.05, 0) is 58.1 Å². The van der Waals surface area contributed by atoms with Crippen molar-refractivity contribution >= 4 is 28.8 Å². The Morgan fingerprint density at radius 3 is 2.53 bits per heavy atom. The van der Waals surface area contributed by atoms with Crippen molar-refractivity contribution in [3.63, 3.8) is 0 Å². The number of benzene rings is 1. The molecule has 2 aromatic rings. The van der Waals surface area contributed by atoms with E-state index in [2.05, 4.69) is 15.3 Å².